The second-order valence-corrected chi connectivity index (χ2v) is 10.2. The van der Waals surface area contributed by atoms with E-state index in [1.54, 1.807) is 12.1 Å². The quantitative estimate of drug-likeness (QED) is 0.379. The van der Waals surface area contributed by atoms with Gasteiger partial charge < -0.3 is 0 Å². The Hall–Kier alpha value is -2.36. The van der Waals surface area contributed by atoms with Gasteiger partial charge in [0.25, 0.3) is 18.2 Å². The van der Waals surface area contributed by atoms with Crippen LogP contribution in [0, 0.1) is 0 Å². The summed E-state index contributed by atoms with van der Waals surface area (Å²) in [4.78, 5) is 28.2. The summed E-state index contributed by atoms with van der Waals surface area (Å²) >= 11 is 12.9. The van der Waals surface area contributed by atoms with E-state index in [0.29, 0.717) is 5.69 Å². The van der Waals surface area contributed by atoms with Crippen molar-refractivity contribution in [1.29, 1.82) is 0 Å². The van der Waals surface area contributed by atoms with Crippen molar-refractivity contribution in [3.8, 4) is 0 Å². The van der Waals surface area contributed by atoms with E-state index in [0.717, 1.165) is 38.7 Å². The maximum Gasteiger partial charge on any atom is 0.282 e. The summed E-state index contributed by atoms with van der Waals surface area (Å²) in [6.45, 7) is 6.18. The summed E-state index contributed by atoms with van der Waals surface area (Å²) < 4.78 is 32.3. The van der Waals surface area contributed by atoms with Gasteiger partial charge in [0.05, 0.1) is 11.3 Å². The zero-order chi connectivity index (χ0) is 24.2. The van der Waals surface area contributed by atoms with E-state index in [1.165, 1.54) is 13.2 Å². The van der Waals surface area contributed by atoms with E-state index in [9.17, 15) is 18.4 Å². The standard InChI is InChI=1S/C22H20Cl2F2N4O2S/c1-10-8-22(2,3)12-6-5-7-13(14(10)12)30(21(32)17-15(23)18(24)28-33-17)20(31)11-9-29(4)27-16(11)19(25)26/h5-7,9-10,19H,8H2,1-4H3. The lowest BCUT2D eigenvalue weighted by molar-refractivity contribution is 0.0891. The SMILES string of the molecule is CC1CC(C)(C)c2cccc(N(C(=O)c3cn(C)nc3C(F)F)C(=O)c3snc(Cl)c3Cl)c21. The minimum absolute atomic E-state index is 0.0262. The highest BCUT2D eigenvalue weighted by molar-refractivity contribution is 7.09. The molecule has 0 spiro atoms. The number of nitrogens with zero attached hydrogens (tertiary/aromatic N) is 4. The minimum Gasteiger partial charge on any atom is -0.275 e. The summed E-state index contributed by atoms with van der Waals surface area (Å²) in [6.07, 6.45) is -1.01. The van der Waals surface area contributed by atoms with Gasteiger partial charge in [-0.2, -0.15) is 9.47 Å². The Morgan fingerprint density at radius 3 is 2.58 bits per heavy atom. The number of halogens is 4. The minimum atomic E-state index is -3.00. The van der Waals surface area contributed by atoms with E-state index >= 15 is 0 Å². The molecule has 33 heavy (non-hydrogen) atoms. The molecule has 0 saturated heterocycles. The number of anilines is 1. The average Bonchev–Trinajstić information content (AvgIpc) is 3.36. The van der Waals surface area contributed by atoms with Crippen molar-refractivity contribution in [2.45, 2.75) is 45.0 Å². The number of fused-ring (bicyclic) bond motifs is 1. The van der Waals surface area contributed by atoms with E-state index < -0.39 is 23.9 Å². The number of carbonyl (C=O) groups is 2. The van der Waals surface area contributed by atoms with Crippen molar-refractivity contribution in [3.63, 3.8) is 0 Å². The molecule has 174 valence electrons. The number of benzene rings is 1. The van der Waals surface area contributed by atoms with Gasteiger partial charge in [-0.15, -0.1) is 0 Å². The predicted molar refractivity (Wildman–Crippen MR) is 124 cm³/mol. The number of amides is 2. The molecule has 6 nitrogen and oxygen atoms in total. The van der Waals surface area contributed by atoms with Crippen molar-refractivity contribution in [3.05, 3.63) is 61.8 Å². The molecule has 2 amide bonds. The maximum atomic E-state index is 13.7. The van der Waals surface area contributed by atoms with Crippen LogP contribution >= 0.6 is 34.7 Å². The van der Waals surface area contributed by atoms with Crippen molar-refractivity contribution >= 4 is 52.2 Å². The molecule has 4 rings (SSSR count). The molecule has 0 fully saturated rings. The molecule has 2 heterocycles. The first-order chi connectivity index (χ1) is 15.4. The van der Waals surface area contributed by atoms with Crippen LogP contribution in [-0.4, -0.2) is 26.0 Å². The molecule has 3 aromatic rings. The first-order valence-corrected chi connectivity index (χ1v) is 11.6. The fraction of sp³-hybridized carbons (Fsp3) is 0.364. The number of alkyl halides is 2. The topological polar surface area (TPSA) is 68.1 Å². The van der Waals surface area contributed by atoms with Crippen LogP contribution in [0.5, 0.6) is 0 Å². The third-order valence-corrected chi connectivity index (χ3v) is 7.64. The second kappa shape index (κ2) is 8.45. The summed E-state index contributed by atoms with van der Waals surface area (Å²) in [7, 11) is 1.43. The van der Waals surface area contributed by atoms with Crippen LogP contribution in [0.2, 0.25) is 10.2 Å². The normalized spacial score (nSPS) is 16.8. The molecule has 1 atom stereocenters. The summed E-state index contributed by atoms with van der Waals surface area (Å²) in [6, 6.07) is 5.35. The van der Waals surface area contributed by atoms with Crippen LogP contribution in [0.4, 0.5) is 14.5 Å². The lowest BCUT2D eigenvalue weighted by atomic mass is 9.86. The molecule has 1 aliphatic carbocycles. The monoisotopic (exact) mass is 512 g/mol. The molecule has 11 heteroatoms. The molecule has 0 bridgehead atoms. The first kappa shape index (κ1) is 23.8. The lowest BCUT2D eigenvalue weighted by Crippen LogP contribution is -2.38. The maximum absolute atomic E-state index is 13.7. The van der Waals surface area contributed by atoms with E-state index in [2.05, 4.69) is 23.3 Å². The van der Waals surface area contributed by atoms with Gasteiger partial charge in [-0.05, 0) is 46.5 Å². The van der Waals surface area contributed by atoms with Crippen LogP contribution in [0.3, 0.4) is 0 Å². The molecule has 0 saturated carbocycles. The number of imide groups is 1. The van der Waals surface area contributed by atoms with Gasteiger partial charge in [0.15, 0.2) is 5.15 Å². The van der Waals surface area contributed by atoms with Gasteiger partial charge in [-0.1, -0.05) is 56.1 Å². The van der Waals surface area contributed by atoms with E-state index in [-0.39, 0.29) is 31.9 Å². The number of aryl methyl sites for hydroxylation is 1. The van der Waals surface area contributed by atoms with E-state index in [1.807, 2.05) is 13.0 Å². The zero-order valence-corrected chi connectivity index (χ0v) is 20.5. The summed E-state index contributed by atoms with van der Waals surface area (Å²) in [5.74, 6) is -1.68. The van der Waals surface area contributed by atoms with Crippen LogP contribution in [0.15, 0.2) is 24.4 Å². The summed E-state index contributed by atoms with van der Waals surface area (Å²) in [5, 5.41) is 3.56. The van der Waals surface area contributed by atoms with Crippen LogP contribution in [0.25, 0.3) is 0 Å². The number of rotatable bonds is 4. The highest BCUT2D eigenvalue weighted by atomic mass is 35.5. The Balaban J connectivity index is 1.95. The summed E-state index contributed by atoms with van der Waals surface area (Å²) in [5.41, 5.74) is 0.886. The van der Waals surface area contributed by atoms with Crippen LogP contribution in [-0.2, 0) is 12.5 Å². The van der Waals surface area contributed by atoms with Gasteiger partial charge in [0, 0.05) is 13.2 Å². The van der Waals surface area contributed by atoms with Crippen molar-refractivity contribution in [1.82, 2.24) is 14.2 Å². The largest absolute Gasteiger partial charge is 0.282 e. The Kier molecular flexibility index (Phi) is 6.09. The van der Waals surface area contributed by atoms with Crippen LogP contribution in [0.1, 0.15) is 76.4 Å². The highest BCUT2D eigenvalue weighted by Gasteiger charge is 2.41. The predicted octanol–water partition coefficient (Wildman–Crippen LogP) is 6.39. The van der Waals surface area contributed by atoms with Gasteiger partial charge in [0.1, 0.15) is 15.6 Å². The van der Waals surface area contributed by atoms with Crippen molar-refractivity contribution < 1.29 is 18.4 Å². The molecule has 0 radical (unpaired) electrons. The third-order valence-electron chi connectivity index (χ3n) is 5.85. The van der Waals surface area contributed by atoms with Crippen molar-refractivity contribution in [2.75, 3.05) is 4.90 Å². The Morgan fingerprint density at radius 1 is 1.27 bits per heavy atom. The van der Waals surface area contributed by atoms with Gasteiger partial charge in [-0.25, -0.2) is 13.7 Å². The lowest BCUT2D eigenvalue weighted by Gasteiger charge is -2.25. The van der Waals surface area contributed by atoms with Crippen LogP contribution < -0.4 is 4.90 Å². The van der Waals surface area contributed by atoms with Gasteiger partial charge in [0.2, 0.25) is 0 Å². The Bertz CT molecular complexity index is 1270. The average molecular weight is 513 g/mol. The van der Waals surface area contributed by atoms with Gasteiger partial charge in [-0.3, -0.25) is 14.3 Å². The Labute approximate surface area is 203 Å². The second-order valence-electron chi connectivity index (χ2n) is 8.69. The molecular weight excluding hydrogens is 493 g/mol. The first-order valence-electron chi connectivity index (χ1n) is 10.1. The molecule has 1 aliphatic rings. The zero-order valence-electron chi connectivity index (χ0n) is 18.2. The van der Waals surface area contributed by atoms with E-state index in [4.69, 9.17) is 23.2 Å². The number of hydrogen-bond donors (Lipinski definition) is 0. The Morgan fingerprint density at radius 2 is 1.97 bits per heavy atom. The number of carbonyl (C=O) groups excluding carboxylic acids is 2. The fourth-order valence-electron chi connectivity index (χ4n) is 4.59. The number of aromatic nitrogens is 3. The van der Waals surface area contributed by atoms with Crippen molar-refractivity contribution in [2.24, 2.45) is 7.05 Å². The fourth-order valence-corrected chi connectivity index (χ4v) is 5.73. The molecule has 0 aliphatic heterocycles. The van der Waals surface area contributed by atoms with Gasteiger partial charge >= 0.3 is 0 Å². The smallest absolute Gasteiger partial charge is 0.275 e. The number of hydrogen-bond acceptors (Lipinski definition) is 5. The highest BCUT2D eigenvalue weighted by Crippen LogP contribution is 2.50. The third kappa shape index (κ3) is 3.96. The molecule has 1 aromatic carbocycles. The molecule has 0 N–H and O–H groups in total. The molecule has 2 aromatic heterocycles. The molecular formula is C22H20Cl2F2N4O2S. The molecule has 1 unspecified atom stereocenters.